The number of ether oxygens (including phenoxy) is 2. The van der Waals surface area contributed by atoms with Gasteiger partial charge in [-0.05, 0) is 34.1 Å². The van der Waals surface area contributed by atoms with Crippen LogP contribution in [0.1, 0.15) is 0 Å². The zero-order valence-electron chi connectivity index (χ0n) is 11.4. The van der Waals surface area contributed by atoms with Gasteiger partial charge in [0.25, 0.3) is 5.56 Å². The van der Waals surface area contributed by atoms with Crippen LogP contribution in [0.4, 0.5) is 0 Å². The van der Waals surface area contributed by atoms with Gasteiger partial charge in [-0.15, -0.1) is 0 Å². The molecule has 3 rings (SSSR count). The number of methoxy groups -OCH3 is 2. The Hall–Kier alpha value is -2.28. The van der Waals surface area contributed by atoms with Crippen molar-refractivity contribution in [2.24, 2.45) is 0 Å². The highest BCUT2D eigenvalue weighted by molar-refractivity contribution is 9.10. The lowest BCUT2D eigenvalue weighted by Gasteiger charge is -2.11. The third-order valence-corrected chi connectivity index (χ3v) is 3.58. The van der Waals surface area contributed by atoms with E-state index in [2.05, 4.69) is 21.0 Å². The quantitative estimate of drug-likeness (QED) is 0.727. The van der Waals surface area contributed by atoms with Crippen molar-refractivity contribution in [3.05, 3.63) is 51.6 Å². The number of halogens is 1. The lowest BCUT2D eigenvalue weighted by Crippen LogP contribution is -2.21. The van der Waals surface area contributed by atoms with Crippen molar-refractivity contribution in [1.82, 2.24) is 14.2 Å². The Morgan fingerprint density at radius 1 is 1.14 bits per heavy atom. The molecule has 0 saturated heterocycles. The largest absolute Gasteiger partial charge is 0.493 e. The SMILES string of the molecule is COc1ccc(-n2cnn3cc(Br)cc3c2=O)cc1OC. The molecule has 0 aliphatic heterocycles. The summed E-state index contributed by atoms with van der Waals surface area (Å²) in [6, 6.07) is 6.99. The van der Waals surface area contributed by atoms with Crippen LogP contribution in [0.3, 0.4) is 0 Å². The molecule has 0 radical (unpaired) electrons. The summed E-state index contributed by atoms with van der Waals surface area (Å²) < 4.78 is 14.2. The lowest BCUT2D eigenvalue weighted by molar-refractivity contribution is 0.355. The Morgan fingerprint density at radius 2 is 1.90 bits per heavy atom. The molecule has 0 amide bonds. The molecule has 0 aliphatic carbocycles. The summed E-state index contributed by atoms with van der Waals surface area (Å²) in [6.07, 6.45) is 3.21. The Morgan fingerprint density at radius 3 is 2.62 bits per heavy atom. The van der Waals surface area contributed by atoms with Crippen LogP contribution in [0, 0.1) is 0 Å². The molecule has 21 heavy (non-hydrogen) atoms. The Labute approximate surface area is 128 Å². The van der Waals surface area contributed by atoms with Crippen molar-refractivity contribution in [2.75, 3.05) is 14.2 Å². The molecule has 2 heterocycles. The number of rotatable bonds is 3. The molecule has 2 aromatic heterocycles. The van der Waals surface area contributed by atoms with E-state index in [1.165, 1.54) is 15.4 Å². The van der Waals surface area contributed by atoms with E-state index in [0.29, 0.717) is 22.7 Å². The number of nitrogens with zero attached hydrogens (tertiary/aromatic N) is 3. The minimum atomic E-state index is -0.164. The third-order valence-electron chi connectivity index (χ3n) is 3.14. The first-order valence-electron chi connectivity index (χ1n) is 6.12. The summed E-state index contributed by atoms with van der Waals surface area (Å²) >= 11 is 3.34. The van der Waals surface area contributed by atoms with Crippen LogP contribution in [-0.2, 0) is 0 Å². The molecular formula is C14H12BrN3O3. The summed E-state index contributed by atoms with van der Waals surface area (Å²) in [5.41, 5.74) is 0.979. The number of hydrogen-bond acceptors (Lipinski definition) is 4. The zero-order valence-corrected chi connectivity index (χ0v) is 13.0. The van der Waals surface area contributed by atoms with Crippen LogP contribution < -0.4 is 15.0 Å². The average molecular weight is 350 g/mol. The number of benzene rings is 1. The van der Waals surface area contributed by atoms with Crippen molar-refractivity contribution in [1.29, 1.82) is 0 Å². The molecule has 0 N–H and O–H groups in total. The standard InChI is InChI=1S/C14H12BrN3O3/c1-20-12-4-3-10(6-13(12)21-2)17-8-16-18-7-9(15)5-11(18)14(17)19/h3-8H,1-2H3. The highest BCUT2D eigenvalue weighted by Crippen LogP contribution is 2.28. The second-order valence-electron chi connectivity index (χ2n) is 4.33. The van der Waals surface area contributed by atoms with E-state index in [4.69, 9.17) is 9.47 Å². The molecule has 0 saturated carbocycles. The lowest BCUT2D eigenvalue weighted by atomic mass is 10.2. The van der Waals surface area contributed by atoms with E-state index in [9.17, 15) is 4.79 Å². The fourth-order valence-electron chi connectivity index (χ4n) is 2.12. The molecule has 0 spiro atoms. The molecule has 6 nitrogen and oxygen atoms in total. The van der Waals surface area contributed by atoms with Crippen LogP contribution >= 0.6 is 15.9 Å². The maximum absolute atomic E-state index is 12.5. The van der Waals surface area contributed by atoms with E-state index in [1.54, 1.807) is 44.7 Å². The van der Waals surface area contributed by atoms with E-state index < -0.39 is 0 Å². The van der Waals surface area contributed by atoms with Gasteiger partial charge >= 0.3 is 0 Å². The van der Waals surface area contributed by atoms with Gasteiger partial charge in [0.1, 0.15) is 11.8 Å². The number of aromatic nitrogens is 3. The predicted molar refractivity (Wildman–Crippen MR) is 81.6 cm³/mol. The van der Waals surface area contributed by atoms with Gasteiger partial charge in [0.2, 0.25) is 0 Å². The summed E-state index contributed by atoms with van der Waals surface area (Å²) in [5.74, 6) is 1.16. The fraction of sp³-hybridized carbons (Fsp3) is 0.143. The van der Waals surface area contributed by atoms with Crippen molar-refractivity contribution in [2.45, 2.75) is 0 Å². The molecule has 3 aromatic rings. The highest BCUT2D eigenvalue weighted by Gasteiger charge is 2.10. The molecule has 108 valence electrons. The van der Waals surface area contributed by atoms with Crippen LogP contribution in [0.2, 0.25) is 0 Å². The molecule has 0 bridgehead atoms. The molecule has 0 unspecified atom stereocenters. The molecule has 7 heteroatoms. The van der Waals surface area contributed by atoms with E-state index in [0.717, 1.165) is 4.47 Å². The maximum atomic E-state index is 12.5. The van der Waals surface area contributed by atoms with Gasteiger partial charge in [0.05, 0.1) is 19.9 Å². The van der Waals surface area contributed by atoms with Crippen LogP contribution in [0.5, 0.6) is 11.5 Å². The normalized spacial score (nSPS) is 10.8. The van der Waals surface area contributed by atoms with E-state index in [-0.39, 0.29) is 5.56 Å². The fourth-order valence-corrected chi connectivity index (χ4v) is 2.53. The van der Waals surface area contributed by atoms with Gasteiger partial charge in [-0.3, -0.25) is 9.36 Å². The summed E-state index contributed by atoms with van der Waals surface area (Å²) in [7, 11) is 3.12. The summed E-state index contributed by atoms with van der Waals surface area (Å²) in [4.78, 5) is 12.5. The van der Waals surface area contributed by atoms with Gasteiger partial charge in [-0.1, -0.05) is 0 Å². The minimum Gasteiger partial charge on any atom is -0.493 e. The number of fused-ring (bicyclic) bond motifs is 1. The van der Waals surface area contributed by atoms with Crippen LogP contribution in [-0.4, -0.2) is 28.4 Å². The predicted octanol–water partition coefficient (Wildman–Crippen LogP) is 2.26. The first kappa shape index (κ1) is 13.7. The van der Waals surface area contributed by atoms with Crippen LogP contribution in [0.15, 0.2) is 46.1 Å². The van der Waals surface area contributed by atoms with Crippen molar-refractivity contribution in [3.8, 4) is 17.2 Å². The van der Waals surface area contributed by atoms with Crippen molar-refractivity contribution in [3.63, 3.8) is 0 Å². The van der Waals surface area contributed by atoms with Gasteiger partial charge in [-0.2, -0.15) is 5.10 Å². The monoisotopic (exact) mass is 349 g/mol. The molecule has 0 aliphatic rings. The minimum absolute atomic E-state index is 0.164. The van der Waals surface area contributed by atoms with Crippen LogP contribution in [0.25, 0.3) is 11.2 Å². The Bertz CT molecular complexity index is 870. The maximum Gasteiger partial charge on any atom is 0.282 e. The van der Waals surface area contributed by atoms with Crippen molar-refractivity contribution < 1.29 is 9.47 Å². The van der Waals surface area contributed by atoms with E-state index >= 15 is 0 Å². The molecule has 0 fully saturated rings. The summed E-state index contributed by atoms with van der Waals surface area (Å²) in [6.45, 7) is 0. The smallest absolute Gasteiger partial charge is 0.282 e. The second-order valence-corrected chi connectivity index (χ2v) is 5.25. The average Bonchev–Trinajstić information content (AvgIpc) is 2.88. The first-order chi connectivity index (χ1) is 10.1. The number of hydrogen-bond donors (Lipinski definition) is 0. The Balaban J connectivity index is 2.20. The topological polar surface area (TPSA) is 57.8 Å². The third kappa shape index (κ3) is 2.29. The highest BCUT2D eigenvalue weighted by atomic mass is 79.9. The second kappa shape index (κ2) is 5.25. The zero-order chi connectivity index (χ0) is 15.0. The summed E-state index contributed by atoms with van der Waals surface area (Å²) in [5, 5.41) is 4.21. The van der Waals surface area contributed by atoms with E-state index in [1.807, 2.05) is 0 Å². The molecule has 0 atom stereocenters. The van der Waals surface area contributed by atoms with Gasteiger partial charge in [0.15, 0.2) is 11.5 Å². The molecular weight excluding hydrogens is 338 g/mol. The van der Waals surface area contributed by atoms with Gasteiger partial charge < -0.3 is 9.47 Å². The first-order valence-corrected chi connectivity index (χ1v) is 6.91. The van der Waals surface area contributed by atoms with Crippen molar-refractivity contribution >= 4 is 21.4 Å². The van der Waals surface area contributed by atoms with Gasteiger partial charge in [0, 0.05) is 16.7 Å². The Kier molecular flexibility index (Phi) is 3.42. The molecule has 1 aromatic carbocycles. The van der Waals surface area contributed by atoms with Gasteiger partial charge in [-0.25, -0.2) is 4.52 Å².